The Balaban J connectivity index is 2.52. The van der Waals surface area contributed by atoms with Gasteiger partial charge in [-0.1, -0.05) is 18.2 Å². The van der Waals surface area contributed by atoms with Crippen LogP contribution in [0.4, 0.5) is 0 Å². The highest BCUT2D eigenvalue weighted by molar-refractivity contribution is 5.96. The van der Waals surface area contributed by atoms with E-state index >= 15 is 0 Å². The van der Waals surface area contributed by atoms with E-state index in [1.807, 2.05) is 18.2 Å². The lowest BCUT2D eigenvalue weighted by Gasteiger charge is -2.02. The number of hydrogen-bond donors (Lipinski definition) is 1. The van der Waals surface area contributed by atoms with Crippen LogP contribution in [0.2, 0.25) is 0 Å². The van der Waals surface area contributed by atoms with Crippen LogP contribution in [0.15, 0.2) is 36.5 Å². The SMILES string of the molecule is CC(=O)c1cnn(-c2ccccc2)c1O. The number of nitrogens with zero attached hydrogens (tertiary/aromatic N) is 2. The minimum atomic E-state index is -0.199. The van der Waals surface area contributed by atoms with Gasteiger partial charge in [-0.3, -0.25) is 4.79 Å². The molecule has 1 heterocycles. The highest BCUT2D eigenvalue weighted by atomic mass is 16.3. The first kappa shape index (κ1) is 9.45. The molecule has 0 radical (unpaired) electrons. The molecule has 0 bridgehead atoms. The molecule has 0 saturated heterocycles. The lowest BCUT2D eigenvalue weighted by Crippen LogP contribution is -1.96. The number of Topliss-reactive ketones (excluding diaryl/α,β-unsaturated/α-hetero) is 1. The quantitative estimate of drug-likeness (QED) is 0.755. The Morgan fingerprint density at radius 3 is 2.53 bits per heavy atom. The number of rotatable bonds is 2. The first-order chi connectivity index (χ1) is 7.20. The summed E-state index contributed by atoms with van der Waals surface area (Å²) in [4.78, 5) is 11.1. The molecule has 2 aromatic rings. The zero-order chi connectivity index (χ0) is 10.8. The van der Waals surface area contributed by atoms with Crippen LogP contribution >= 0.6 is 0 Å². The second kappa shape index (κ2) is 3.57. The molecule has 1 aromatic carbocycles. The van der Waals surface area contributed by atoms with Gasteiger partial charge in [0, 0.05) is 0 Å². The van der Waals surface area contributed by atoms with Gasteiger partial charge in [0.05, 0.1) is 17.4 Å². The smallest absolute Gasteiger partial charge is 0.225 e. The van der Waals surface area contributed by atoms with E-state index in [-0.39, 0.29) is 17.2 Å². The van der Waals surface area contributed by atoms with E-state index in [9.17, 15) is 9.90 Å². The topological polar surface area (TPSA) is 55.1 Å². The van der Waals surface area contributed by atoms with Crippen molar-refractivity contribution in [2.45, 2.75) is 6.92 Å². The summed E-state index contributed by atoms with van der Waals surface area (Å²) in [6, 6.07) is 9.15. The monoisotopic (exact) mass is 202 g/mol. The molecule has 1 aromatic heterocycles. The van der Waals surface area contributed by atoms with Crippen molar-refractivity contribution in [3.05, 3.63) is 42.1 Å². The zero-order valence-corrected chi connectivity index (χ0v) is 8.21. The molecule has 0 aliphatic rings. The third kappa shape index (κ3) is 1.61. The van der Waals surface area contributed by atoms with Crippen LogP contribution in [-0.2, 0) is 0 Å². The van der Waals surface area contributed by atoms with Crippen molar-refractivity contribution in [1.82, 2.24) is 9.78 Å². The van der Waals surface area contributed by atoms with Crippen molar-refractivity contribution in [2.75, 3.05) is 0 Å². The van der Waals surface area contributed by atoms with Crippen molar-refractivity contribution in [3.8, 4) is 11.6 Å². The molecular weight excluding hydrogens is 192 g/mol. The van der Waals surface area contributed by atoms with Crippen molar-refractivity contribution < 1.29 is 9.90 Å². The third-order valence-corrected chi connectivity index (χ3v) is 2.12. The molecule has 0 aliphatic heterocycles. The van der Waals surface area contributed by atoms with Gasteiger partial charge in [0.25, 0.3) is 0 Å². The number of carbonyl (C=O) groups is 1. The molecule has 1 N–H and O–H groups in total. The van der Waals surface area contributed by atoms with Crippen LogP contribution < -0.4 is 0 Å². The third-order valence-electron chi connectivity index (χ3n) is 2.12. The number of benzene rings is 1. The molecule has 0 aliphatic carbocycles. The Kier molecular flexibility index (Phi) is 2.25. The summed E-state index contributed by atoms with van der Waals surface area (Å²) >= 11 is 0. The summed E-state index contributed by atoms with van der Waals surface area (Å²) < 4.78 is 1.33. The maximum absolute atomic E-state index is 11.1. The van der Waals surface area contributed by atoms with E-state index in [2.05, 4.69) is 5.10 Å². The summed E-state index contributed by atoms with van der Waals surface area (Å²) in [6.45, 7) is 1.39. The first-order valence-corrected chi connectivity index (χ1v) is 4.53. The Bertz CT molecular complexity index is 489. The summed E-state index contributed by atoms with van der Waals surface area (Å²) in [5.74, 6) is -0.316. The lowest BCUT2D eigenvalue weighted by atomic mass is 10.2. The van der Waals surface area contributed by atoms with Crippen LogP contribution in [0.1, 0.15) is 17.3 Å². The van der Waals surface area contributed by atoms with Crippen molar-refractivity contribution in [1.29, 1.82) is 0 Å². The highest BCUT2D eigenvalue weighted by Crippen LogP contribution is 2.20. The Morgan fingerprint density at radius 1 is 1.33 bits per heavy atom. The summed E-state index contributed by atoms with van der Waals surface area (Å²) in [5, 5.41) is 13.7. The van der Waals surface area contributed by atoms with Gasteiger partial charge in [0.2, 0.25) is 5.88 Å². The minimum Gasteiger partial charge on any atom is -0.493 e. The van der Waals surface area contributed by atoms with E-state index in [0.29, 0.717) is 0 Å². The van der Waals surface area contributed by atoms with Crippen LogP contribution in [0.25, 0.3) is 5.69 Å². The molecule has 0 unspecified atom stereocenters. The maximum Gasteiger partial charge on any atom is 0.225 e. The summed E-state index contributed by atoms with van der Waals surface area (Å²) in [7, 11) is 0. The van der Waals surface area contributed by atoms with E-state index in [4.69, 9.17) is 0 Å². The molecule has 4 nitrogen and oxygen atoms in total. The predicted molar refractivity (Wildman–Crippen MR) is 55.2 cm³/mol. The zero-order valence-electron chi connectivity index (χ0n) is 8.21. The molecule has 2 rings (SSSR count). The fourth-order valence-electron chi connectivity index (χ4n) is 1.35. The number of ketones is 1. The maximum atomic E-state index is 11.1. The van der Waals surface area contributed by atoms with E-state index in [1.165, 1.54) is 17.8 Å². The van der Waals surface area contributed by atoms with Gasteiger partial charge in [-0.2, -0.15) is 5.10 Å². The molecule has 0 atom stereocenters. The van der Waals surface area contributed by atoms with Crippen molar-refractivity contribution in [2.24, 2.45) is 0 Å². The van der Waals surface area contributed by atoms with Gasteiger partial charge >= 0.3 is 0 Å². The fraction of sp³-hybridized carbons (Fsp3) is 0.0909. The first-order valence-electron chi connectivity index (χ1n) is 4.53. The van der Waals surface area contributed by atoms with Gasteiger partial charge in [-0.05, 0) is 19.1 Å². The molecule has 0 spiro atoms. The number of hydrogen-bond acceptors (Lipinski definition) is 3. The summed E-state index contributed by atoms with van der Waals surface area (Å²) in [6.07, 6.45) is 1.37. The number of aromatic hydroxyl groups is 1. The number of para-hydroxylation sites is 1. The van der Waals surface area contributed by atoms with E-state index in [1.54, 1.807) is 12.1 Å². The molecule has 0 amide bonds. The molecule has 0 fully saturated rings. The van der Waals surface area contributed by atoms with Crippen LogP contribution in [0, 0.1) is 0 Å². The minimum absolute atomic E-state index is 0.117. The number of carbonyl (C=O) groups excluding carboxylic acids is 1. The lowest BCUT2D eigenvalue weighted by molar-refractivity contribution is 0.101. The average Bonchev–Trinajstić information content (AvgIpc) is 2.61. The standard InChI is InChI=1S/C11H10N2O2/c1-8(14)10-7-12-13(11(10)15)9-5-3-2-4-6-9/h2-7,15H,1H3. The van der Waals surface area contributed by atoms with Crippen LogP contribution in [0.5, 0.6) is 5.88 Å². The fourth-order valence-corrected chi connectivity index (χ4v) is 1.35. The Morgan fingerprint density at radius 2 is 2.00 bits per heavy atom. The van der Waals surface area contributed by atoms with Crippen molar-refractivity contribution >= 4 is 5.78 Å². The van der Waals surface area contributed by atoms with E-state index < -0.39 is 0 Å². The Labute approximate surface area is 86.8 Å². The van der Waals surface area contributed by atoms with Gasteiger partial charge in [-0.15, -0.1) is 0 Å². The molecule has 0 saturated carbocycles. The Hall–Kier alpha value is -2.10. The van der Waals surface area contributed by atoms with Gasteiger partial charge in [-0.25, -0.2) is 4.68 Å². The normalized spacial score (nSPS) is 10.2. The number of aromatic nitrogens is 2. The molecule has 4 heteroatoms. The average molecular weight is 202 g/mol. The van der Waals surface area contributed by atoms with Gasteiger partial charge in [0.15, 0.2) is 5.78 Å². The van der Waals surface area contributed by atoms with Crippen LogP contribution in [-0.4, -0.2) is 20.7 Å². The van der Waals surface area contributed by atoms with E-state index in [0.717, 1.165) is 5.69 Å². The second-order valence-electron chi connectivity index (χ2n) is 3.19. The molecular formula is C11H10N2O2. The van der Waals surface area contributed by atoms with Gasteiger partial charge < -0.3 is 5.11 Å². The largest absolute Gasteiger partial charge is 0.493 e. The molecule has 76 valence electrons. The van der Waals surface area contributed by atoms with Gasteiger partial charge in [0.1, 0.15) is 0 Å². The predicted octanol–water partition coefficient (Wildman–Crippen LogP) is 1.78. The van der Waals surface area contributed by atoms with Crippen LogP contribution in [0.3, 0.4) is 0 Å². The molecule has 15 heavy (non-hydrogen) atoms. The van der Waals surface area contributed by atoms with Crippen molar-refractivity contribution in [3.63, 3.8) is 0 Å². The summed E-state index contributed by atoms with van der Waals surface area (Å²) in [5.41, 5.74) is 0.960. The second-order valence-corrected chi connectivity index (χ2v) is 3.19. The highest BCUT2D eigenvalue weighted by Gasteiger charge is 2.13.